The lowest BCUT2D eigenvalue weighted by atomic mass is 9.92. The van der Waals surface area contributed by atoms with Crippen molar-refractivity contribution in [2.45, 2.75) is 51.7 Å². The van der Waals surface area contributed by atoms with Gasteiger partial charge in [0.1, 0.15) is 5.69 Å². The molecule has 20 heavy (non-hydrogen) atoms. The molecule has 2 aromatic heterocycles. The molecule has 1 saturated heterocycles. The second kappa shape index (κ2) is 5.01. The molecule has 3 rings (SSSR count). The van der Waals surface area contributed by atoms with Gasteiger partial charge in [0.2, 0.25) is 0 Å². The highest BCUT2D eigenvalue weighted by Gasteiger charge is 2.29. The second-order valence-electron chi connectivity index (χ2n) is 5.68. The molecule has 0 aliphatic carbocycles. The van der Waals surface area contributed by atoms with Crippen molar-refractivity contribution < 1.29 is 9.26 Å². The molecule has 3 heterocycles. The minimum atomic E-state index is 0.240. The summed E-state index contributed by atoms with van der Waals surface area (Å²) in [6, 6.07) is 0. The van der Waals surface area contributed by atoms with Gasteiger partial charge in [0.25, 0.3) is 5.89 Å². The van der Waals surface area contributed by atoms with E-state index < -0.39 is 0 Å². The van der Waals surface area contributed by atoms with Gasteiger partial charge in [-0.1, -0.05) is 5.16 Å². The van der Waals surface area contributed by atoms with Crippen LogP contribution in [0, 0.1) is 6.92 Å². The molecule has 2 aromatic rings. The van der Waals surface area contributed by atoms with Crippen LogP contribution < -0.4 is 0 Å². The van der Waals surface area contributed by atoms with Crippen LogP contribution in [0.4, 0.5) is 0 Å². The lowest BCUT2D eigenvalue weighted by molar-refractivity contribution is -0.0393. The number of aryl methyl sites for hydroxylation is 2. The molecular formula is C14H20N4O2. The summed E-state index contributed by atoms with van der Waals surface area (Å²) in [6.07, 6.45) is 4.16. The van der Waals surface area contributed by atoms with Crippen molar-refractivity contribution in [3.05, 3.63) is 17.6 Å². The summed E-state index contributed by atoms with van der Waals surface area (Å²) in [5, 5.41) is 8.37. The van der Waals surface area contributed by atoms with Crippen LogP contribution in [-0.4, -0.2) is 32.1 Å². The molecule has 0 N–H and O–H groups in total. The maximum Gasteiger partial charge on any atom is 0.276 e. The molecule has 0 spiro atoms. The van der Waals surface area contributed by atoms with Gasteiger partial charge in [0.05, 0.1) is 18.4 Å². The van der Waals surface area contributed by atoms with E-state index in [1.165, 1.54) is 0 Å². The second-order valence-corrected chi connectivity index (χ2v) is 5.68. The van der Waals surface area contributed by atoms with Crippen molar-refractivity contribution in [1.82, 2.24) is 19.9 Å². The van der Waals surface area contributed by atoms with Gasteiger partial charge in [0.15, 0.2) is 5.82 Å². The Hall–Kier alpha value is -1.69. The summed E-state index contributed by atoms with van der Waals surface area (Å²) in [5.41, 5.74) is 1.92. The molecule has 6 heteroatoms. The topological polar surface area (TPSA) is 66.0 Å². The Bertz CT molecular complexity index is 575. The van der Waals surface area contributed by atoms with Gasteiger partial charge in [-0.15, -0.1) is 0 Å². The van der Waals surface area contributed by atoms with Crippen LogP contribution in [0.15, 0.2) is 10.7 Å². The highest BCUT2D eigenvalue weighted by atomic mass is 16.5. The first-order valence-corrected chi connectivity index (χ1v) is 7.02. The van der Waals surface area contributed by atoms with E-state index >= 15 is 0 Å². The Kier molecular flexibility index (Phi) is 3.33. The van der Waals surface area contributed by atoms with Crippen molar-refractivity contribution in [3.8, 4) is 11.6 Å². The average molecular weight is 276 g/mol. The zero-order valence-electron chi connectivity index (χ0n) is 12.3. The first-order chi connectivity index (χ1) is 9.54. The van der Waals surface area contributed by atoms with E-state index in [4.69, 9.17) is 9.26 Å². The Morgan fingerprint density at radius 3 is 2.55 bits per heavy atom. The third-order valence-electron chi connectivity index (χ3n) is 3.83. The Morgan fingerprint density at radius 2 is 1.95 bits per heavy atom. The highest BCUT2D eigenvalue weighted by molar-refractivity contribution is 5.52. The monoisotopic (exact) mass is 276 g/mol. The quantitative estimate of drug-likeness (QED) is 0.843. The van der Waals surface area contributed by atoms with E-state index in [0.717, 1.165) is 29.9 Å². The lowest BCUT2D eigenvalue weighted by Gasteiger charge is -2.30. The minimum absolute atomic E-state index is 0.240. The largest absolute Gasteiger partial charge is 0.376 e. The van der Waals surface area contributed by atoms with Gasteiger partial charge < -0.3 is 9.26 Å². The Labute approximate surface area is 118 Å². The predicted octanol–water partition coefficient (Wildman–Crippen LogP) is 2.45. The van der Waals surface area contributed by atoms with E-state index in [0.29, 0.717) is 11.8 Å². The predicted molar refractivity (Wildman–Crippen MR) is 73.2 cm³/mol. The van der Waals surface area contributed by atoms with Crippen LogP contribution in [0.2, 0.25) is 0 Å². The third kappa shape index (κ3) is 2.35. The van der Waals surface area contributed by atoms with E-state index in [9.17, 15) is 0 Å². The summed E-state index contributed by atoms with van der Waals surface area (Å²) < 4.78 is 13.0. The zero-order valence-corrected chi connectivity index (χ0v) is 12.3. The van der Waals surface area contributed by atoms with Gasteiger partial charge in [-0.2, -0.15) is 10.1 Å². The molecule has 0 saturated carbocycles. The van der Waals surface area contributed by atoms with E-state index in [1.54, 1.807) is 10.9 Å². The van der Waals surface area contributed by atoms with Gasteiger partial charge in [-0.05, 0) is 39.2 Å². The van der Waals surface area contributed by atoms with Crippen LogP contribution >= 0.6 is 0 Å². The molecule has 3 atom stereocenters. The maximum atomic E-state index is 5.75. The maximum absolute atomic E-state index is 5.75. The summed E-state index contributed by atoms with van der Waals surface area (Å²) in [6.45, 7) is 6.18. The van der Waals surface area contributed by atoms with Gasteiger partial charge in [-0.25, -0.2) is 0 Å². The van der Waals surface area contributed by atoms with Crippen LogP contribution in [-0.2, 0) is 11.8 Å². The summed E-state index contributed by atoms with van der Waals surface area (Å²) in [7, 11) is 1.88. The molecule has 0 amide bonds. The molecule has 0 radical (unpaired) electrons. The van der Waals surface area contributed by atoms with Crippen LogP contribution in [0.3, 0.4) is 0 Å². The molecule has 108 valence electrons. The SMILES string of the molecule is Cc1cnn(C)c1-c1nc(C2C[C@@H](C)O[C@@H](C)C2)no1. The Balaban J connectivity index is 1.87. The molecule has 0 bridgehead atoms. The summed E-state index contributed by atoms with van der Waals surface area (Å²) in [4.78, 5) is 4.57. The van der Waals surface area contributed by atoms with Crippen molar-refractivity contribution in [3.63, 3.8) is 0 Å². The highest BCUT2D eigenvalue weighted by Crippen LogP contribution is 2.32. The molecular weight excluding hydrogens is 256 g/mol. The fourth-order valence-electron chi connectivity index (χ4n) is 2.97. The standard InChI is InChI=1S/C14H20N4O2/c1-8-7-15-18(4)12(8)14-16-13(17-20-14)11-5-9(2)19-10(3)6-11/h7,9-11H,5-6H2,1-4H3/t9-,10+,11?. The number of hydrogen-bond acceptors (Lipinski definition) is 5. The van der Waals surface area contributed by atoms with Crippen molar-refractivity contribution in [2.75, 3.05) is 0 Å². The van der Waals surface area contributed by atoms with Crippen LogP contribution in [0.25, 0.3) is 11.6 Å². The van der Waals surface area contributed by atoms with Gasteiger partial charge in [-0.3, -0.25) is 4.68 Å². The van der Waals surface area contributed by atoms with Crippen molar-refractivity contribution >= 4 is 0 Å². The minimum Gasteiger partial charge on any atom is -0.376 e. The molecule has 1 fully saturated rings. The summed E-state index contributed by atoms with van der Waals surface area (Å²) in [5.74, 6) is 1.63. The first-order valence-electron chi connectivity index (χ1n) is 7.02. The number of nitrogens with zero attached hydrogens (tertiary/aromatic N) is 4. The lowest BCUT2D eigenvalue weighted by Crippen LogP contribution is -2.28. The normalized spacial score (nSPS) is 26.9. The third-order valence-corrected chi connectivity index (χ3v) is 3.83. The van der Waals surface area contributed by atoms with E-state index in [1.807, 2.05) is 14.0 Å². The van der Waals surface area contributed by atoms with Gasteiger partial charge >= 0.3 is 0 Å². The van der Waals surface area contributed by atoms with Crippen LogP contribution in [0.5, 0.6) is 0 Å². The average Bonchev–Trinajstić information content (AvgIpc) is 2.95. The number of hydrogen-bond donors (Lipinski definition) is 0. The number of ether oxygens (including phenoxy) is 1. The molecule has 0 aromatic carbocycles. The Morgan fingerprint density at radius 1 is 1.25 bits per heavy atom. The number of rotatable bonds is 2. The van der Waals surface area contributed by atoms with Gasteiger partial charge in [0, 0.05) is 13.0 Å². The molecule has 1 aliphatic rings. The fourth-order valence-corrected chi connectivity index (χ4v) is 2.97. The fraction of sp³-hybridized carbons (Fsp3) is 0.643. The molecule has 6 nitrogen and oxygen atoms in total. The smallest absolute Gasteiger partial charge is 0.276 e. The molecule has 1 unspecified atom stereocenters. The van der Waals surface area contributed by atoms with E-state index in [-0.39, 0.29) is 12.2 Å². The zero-order chi connectivity index (χ0) is 14.3. The van der Waals surface area contributed by atoms with Crippen LogP contribution in [0.1, 0.15) is 44.0 Å². The molecule has 1 aliphatic heterocycles. The summed E-state index contributed by atoms with van der Waals surface area (Å²) >= 11 is 0. The van der Waals surface area contributed by atoms with Crippen molar-refractivity contribution in [2.24, 2.45) is 7.05 Å². The van der Waals surface area contributed by atoms with Crippen molar-refractivity contribution in [1.29, 1.82) is 0 Å². The van der Waals surface area contributed by atoms with E-state index in [2.05, 4.69) is 29.1 Å². The first kappa shape index (κ1) is 13.3. The number of aromatic nitrogens is 4.